The third-order valence-electron chi connectivity index (χ3n) is 6.68. The van der Waals surface area contributed by atoms with Crippen molar-refractivity contribution in [1.82, 2.24) is 14.5 Å². The molecular weight excluding hydrogens is 427 g/mol. The van der Waals surface area contributed by atoms with Gasteiger partial charge < -0.3 is 20.1 Å². The fraction of sp³-hybridized carbons (Fsp3) is 0.375. The van der Waals surface area contributed by atoms with Gasteiger partial charge in [0.05, 0.1) is 34.7 Å². The number of nitrogens with zero attached hydrogens (tertiary/aromatic N) is 3. The molecule has 33 heavy (non-hydrogen) atoms. The molecule has 4 heterocycles. The second-order valence-corrected chi connectivity index (χ2v) is 8.78. The number of aromatic nitrogens is 2. The number of pyridine rings is 2. The van der Waals surface area contributed by atoms with Crippen LogP contribution in [0.1, 0.15) is 41.5 Å². The lowest BCUT2D eigenvalue weighted by molar-refractivity contribution is 0.0848. The number of benzene rings is 1. The van der Waals surface area contributed by atoms with Crippen molar-refractivity contribution in [1.29, 1.82) is 0 Å². The van der Waals surface area contributed by atoms with Crippen LogP contribution < -0.4 is 11.3 Å². The molecule has 0 saturated carbocycles. The van der Waals surface area contributed by atoms with Crippen LogP contribution in [0.3, 0.4) is 0 Å². The van der Waals surface area contributed by atoms with Crippen LogP contribution in [-0.4, -0.2) is 38.8 Å². The maximum absolute atomic E-state index is 14.3. The highest BCUT2D eigenvalue weighted by molar-refractivity contribution is 5.90. The third-order valence-corrected chi connectivity index (χ3v) is 6.68. The van der Waals surface area contributed by atoms with E-state index in [4.69, 9.17) is 15.8 Å². The van der Waals surface area contributed by atoms with Gasteiger partial charge in [-0.25, -0.2) is 14.2 Å². The summed E-state index contributed by atoms with van der Waals surface area (Å²) in [7, 11) is 0. The highest BCUT2D eigenvalue weighted by Gasteiger charge is 2.29. The largest absolute Gasteiger partial charge is 0.506 e. The molecule has 9 heteroatoms. The van der Waals surface area contributed by atoms with E-state index in [9.17, 15) is 14.0 Å². The summed E-state index contributed by atoms with van der Waals surface area (Å²) in [6.45, 7) is 4.39. The summed E-state index contributed by atoms with van der Waals surface area (Å²) in [6.07, 6.45) is 2.05. The van der Waals surface area contributed by atoms with E-state index >= 15 is 0 Å². The predicted octanol–water partition coefficient (Wildman–Crippen LogP) is 3.64. The predicted molar refractivity (Wildman–Crippen MR) is 122 cm³/mol. The smallest absolute Gasteiger partial charge is 0.450 e. The Kier molecular flexibility index (Phi) is 5.28. The molecule has 2 aliphatic rings. The maximum Gasteiger partial charge on any atom is 0.506 e. The van der Waals surface area contributed by atoms with Crippen molar-refractivity contribution in [2.24, 2.45) is 0 Å². The lowest BCUT2D eigenvalue weighted by atomic mass is 9.98. The average molecular weight is 452 g/mol. The third kappa shape index (κ3) is 3.72. The summed E-state index contributed by atoms with van der Waals surface area (Å²) >= 11 is 0. The highest BCUT2D eigenvalue weighted by atomic mass is 19.1. The summed E-state index contributed by atoms with van der Waals surface area (Å²) < 4.78 is 20.6. The quantitative estimate of drug-likeness (QED) is 0.359. The van der Waals surface area contributed by atoms with Gasteiger partial charge in [0.2, 0.25) is 0 Å². The fourth-order valence-corrected chi connectivity index (χ4v) is 4.94. The first-order valence-electron chi connectivity index (χ1n) is 11.1. The normalized spacial score (nSPS) is 15.5. The molecule has 3 N–H and O–H groups in total. The van der Waals surface area contributed by atoms with E-state index in [0.29, 0.717) is 41.1 Å². The summed E-state index contributed by atoms with van der Waals surface area (Å²) in [4.78, 5) is 31.2. The molecule has 3 aromatic rings. The zero-order valence-corrected chi connectivity index (χ0v) is 18.4. The van der Waals surface area contributed by atoms with Gasteiger partial charge in [-0.05, 0) is 56.1 Å². The molecule has 0 unspecified atom stereocenters. The Bertz CT molecular complexity index is 1350. The Balaban J connectivity index is 1.68. The SMILES string of the molecule is Cc1cc2n(c(=O)c1COC(=O)O)Cc1c-2nc2cc(F)c(N)cc2c1CN1CCCCC1. The number of rotatable bonds is 4. The van der Waals surface area contributed by atoms with Crippen LogP contribution >= 0.6 is 0 Å². The average Bonchev–Trinajstić information content (AvgIpc) is 3.14. The molecule has 0 bridgehead atoms. The molecule has 0 spiro atoms. The van der Waals surface area contributed by atoms with Crippen molar-refractivity contribution >= 4 is 22.7 Å². The number of nitrogens with two attached hydrogens (primary N) is 1. The second kappa shape index (κ2) is 8.15. The zero-order chi connectivity index (χ0) is 23.3. The standard InChI is InChI=1S/C24H25FN4O4/c1-13-7-21-22-16(11-29(21)23(30)17(13)12-33-24(31)32)15(10-28-5-3-2-4-6-28)14-8-19(26)18(25)9-20(14)27-22/h7-9H,2-6,10-12,26H2,1H3,(H,31,32). The first kappa shape index (κ1) is 21.4. The topological polar surface area (TPSA) is 111 Å². The molecule has 1 aromatic carbocycles. The van der Waals surface area contributed by atoms with Crippen molar-refractivity contribution < 1.29 is 19.0 Å². The number of carboxylic acid groups (broad SMARTS) is 1. The number of carbonyl (C=O) groups is 1. The van der Waals surface area contributed by atoms with Crippen molar-refractivity contribution in [2.45, 2.75) is 45.9 Å². The van der Waals surface area contributed by atoms with Crippen molar-refractivity contribution in [3.05, 3.63) is 56.6 Å². The fourth-order valence-electron chi connectivity index (χ4n) is 4.94. The first-order valence-corrected chi connectivity index (χ1v) is 11.1. The number of fused-ring (bicyclic) bond motifs is 4. The van der Waals surface area contributed by atoms with Gasteiger partial charge >= 0.3 is 6.16 Å². The number of hydrogen-bond acceptors (Lipinski definition) is 6. The number of halogens is 1. The Hall–Kier alpha value is -3.46. The van der Waals surface area contributed by atoms with Gasteiger partial charge in [-0.1, -0.05) is 6.42 Å². The number of aryl methyl sites for hydroxylation is 1. The molecule has 8 nitrogen and oxygen atoms in total. The number of likely N-dealkylation sites (tertiary alicyclic amines) is 1. The van der Waals surface area contributed by atoms with Crippen LogP contribution in [0.5, 0.6) is 0 Å². The van der Waals surface area contributed by atoms with Crippen LogP contribution in [0.2, 0.25) is 0 Å². The van der Waals surface area contributed by atoms with Crippen molar-refractivity contribution in [3.8, 4) is 11.4 Å². The highest BCUT2D eigenvalue weighted by Crippen LogP contribution is 2.37. The summed E-state index contributed by atoms with van der Waals surface area (Å²) in [6, 6.07) is 4.82. The van der Waals surface area contributed by atoms with Crippen molar-refractivity contribution in [3.63, 3.8) is 0 Å². The van der Waals surface area contributed by atoms with Crippen molar-refractivity contribution in [2.75, 3.05) is 18.8 Å². The lowest BCUT2D eigenvalue weighted by Gasteiger charge is -2.28. The van der Waals surface area contributed by atoms with Crippen LogP contribution in [0.4, 0.5) is 14.9 Å². The molecule has 0 radical (unpaired) electrons. The summed E-state index contributed by atoms with van der Waals surface area (Å²) in [5, 5.41) is 9.65. The molecule has 1 fully saturated rings. The Morgan fingerprint density at radius 2 is 1.97 bits per heavy atom. The van der Waals surface area contributed by atoms with Gasteiger partial charge in [-0.3, -0.25) is 9.69 Å². The number of nitrogen functional groups attached to an aromatic ring is 1. The molecule has 2 aromatic heterocycles. The maximum atomic E-state index is 14.3. The number of piperidine rings is 1. The molecule has 2 aliphatic heterocycles. The van der Waals surface area contributed by atoms with Gasteiger partial charge in [0.1, 0.15) is 12.4 Å². The first-order chi connectivity index (χ1) is 15.8. The van der Waals surface area contributed by atoms with E-state index in [1.807, 2.05) is 6.07 Å². The molecule has 1 saturated heterocycles. The van der Waals surface area contributed by atoms with Crippen LogP contribution in [-0.2, 0) is 24.4 Å². The van der Waals surface area contributed by atoms with E-state index in [2.05, 4.69) is 9.64 Å². The van der Waals surface area contributed by atoms with E-state index < -0.39 is 12.0 Å². The van der Waals surface area contributed by atoms with Crippen LogP contribution in [0, 0.1) is 12.7 Å². The minimum absolute atomic E-state index is 0.0702. The Morgan fingerprint density at radius 3 is 2.70 bits per heavy atom. The Morgan fingerprint density at radius 1 is 1.21 bits per heavy atom. The Labute approximate surface area is 189 Å². The van der Waals surface area contributed by atoms with E-state index in [0.717, 1.165) is 42.4 Å². The zero-order valence-electron chi connectivity index (χ0n) is 18.4. The minimum Gasteiger partial charge on any atom is -0.450 e. The lowest BCUT2D eigenvalue weighted by Crippen LogP contribution is -2.30. The minimum atomic E-state index is -1.43. The molecule has 172 valence electrons. The van der Waals surface area contributed by atoms with Gasteiger partial charge in [-0.2, -0.15) is 0 Å². The second-order valence-electron chi connectivity index (χ2n) is 8.78. The number of ether oxygens (including phenoxy) is 1. The summed E-state index contributed by atoms with van der Waals surface area (Å²) in [5.41, 5.74) is 10.3. The number of hydrogen-bond donors (Lipinski definition) is 2. The molecule has 0 atom stereocenters. The molecular formula is C24H25FN4O4. The molecule has 5 rings (SSSR count). The van der Waals surface area contributed by atoms with Gasteiger partial charge in [0, 0.05) is 23.6 Å². The summed E-state index contributed by atoms with van der Waals surface area (Å²) in [5.74, 6) is -0.522. The van der Waals surface area contributed by atoms with Crippen LogP contribution in [0.25, 0.3) is 22.3 Å². The van der Waals surface area contributed by atoms with Gasteiger partial charge in [-0.15, -0.1) is 0 Å². The molecule has 0 amide bonds. The van der Waals surface area contributed by atoms with Gasteiger partial charge in [0.15, 0.2) is 0 Å². The number of anilines is 1. The molecule has 0 aliphatic carbocycles. The van der Waals surface area contributed by atoms with E-state index in [1.165, 1.54) is 12.5 Å². The van der Waals surface area contributed by atoms with Crippen LogP contribution in [0.15, 0.2) is 23.0 Å². The van der Waals surface area contributed by atoms with E-state index in [1.54, 1.807) is 17.6 Å². The van der Waals surface area contributed by atoms with Gasteiger partial charge in [0.25, 0.3) is 5.56 Å². The van der Waals surface area contributed by atoms with E-state index in [-0.39, 0.29) is 17.9 Å². The monoisotopic (exact) mass is 452 g/mol.